The lowest BCUT2D eigenvalue weighted by atomic mass is 10.2. The summed E-state index contributed by atoms with van der Waals surface area (Å²) in [5.41, 5.74) is 3.63. The average molecular weight is 285 g/mol. The van der Waals surface area contributed by atoms with Crippen molar-refractivity contribution in [2.24, 2.45) is 5.10 Å². The van der Waals surface area contributed by atoms with Crippen LogP contribution < -0.4 is 14.9 Å². The minimum absolute atomic E-state index is 0.310. The molecular formula is C15H15N3O3. The molecule has 1 amide bonds. The molecule has 0 saturated carbocycles. The predicted octanol–water partition coefficient (Wildman–Crippen LogP) is 1.86. The van der Waals surface area contributed by atoms with Crippen LogP contribution in [0.3, 0.4) is 0 Å². The van der Waals surface area contributed by atoms with Gasteiger partial charge in [0.15, 0.2) is 11.5 Å². The van der Waals surface area contributed by atoms with Crippen molar-refractivity contribution in [1.29, 1.82) is 0 Å². The fourth-order valence-electron chi connectivity index (χ4n) is 1.74. The van der Waals surface area contributed by atoms with Gasteiger partial charge in [0.2, 0.25) is 0 Å². The number of nitrogens with one attached hydrogen (secondary N) is 1. The summed E-state index contributed by atoms with van der Waals surface area (Å²) in [5, 5.41) is 3.92. The number of hydrazone groups is 1. The van der Waals surface area contributed by atoms with E-state index in [2.05, 4.69) is 15.5 Å². The van der Waals surface area contributed by atoms with Gasteiger partial charge in [-0.25, -0.2) is 5.43 Å². The number of benzene rings is 1. The van der Waals surface area contributed by atoms with E-state index < -0.39 is 0 Å². The number of pyridine rings is 1. The largest absolute Gasteiger partial charge is 0.493 e. The van der Waals surface area contributed by atoms with Gasteiger partial charge in [-0.3, -0.25) is 9.78 Å². The maximum atomic E-state index is 11.8. The molecule has 0 saturated heterocycles. The average Bonchev–Trinajstić information content (AvgIpc) is 2.55. The number of nitrogens with zero attached hydrogens (tertiary/aromatic N) is 2. The number of amides is 1. The minimum atomic E-state index is -0.310. The third-order valence-corrected chi connectivity index (χ3v) is 2.75. The smallest absolute Gasteiger partial charge is 0.271 e. The summed E-state index contributed by atoms with van der Waals surface area (Å²) in [6.45, 7) is 0. The lowest BCUT2D eigenvalue weighted by Gasteiger charge is -2.09. The lowest BCUT2D eigenvalue weighted by Crippen LogP contribution is -2.17. The second kappa shape index (κ2) is 7.04. The summed E-state index contributed by atoms with van der Waals surface area (Å²) in [7, 11) is 3.11. The van der Waals surface area contributed by atoms with Crippen molar-refractivity contribution in [2.45, 2.75) is 0 Å². The van der Waals surface area contributed by atoms with Gasteiger partial charge in [0.25, 0.3) is 5.91 Å². The van der Waals surface area contributed by atoms with Crippen molar-refractivity contribution in [3.8, 4) is 11.5 Å². The fourth-order valence-corrected chi connectivity index (χ4v) is 1.74. The van der Waals surface area contributed by atoms with Crippen LogP contribution in [-0.2, 0) is 0 Å². The van der Waals surface area contributed by atoms with Crippen LogP contribution in [0.1, 0.15) is 15.9 Å². The van der Waals surface area contributed by atoms with E-state index in [1.165, 1.54) is 6.21 Å². The van der Waals surface area contributed by atoms with Crippen molar-refractivity contribution in [2.75, 3.05) is 14.2 Å². The van der Waals surface area contributed by atoms with Gasteiger partial charge >= 0.3 is 0 Å². The molecule has 2 rings (SSSR count). The molecule has 6 heteroatoms. The van der Waals surface area contributed by atoms with Gasteiger partial charge in [-0.1, -0.05) is 6.07 Å². The van der Waals surface area contributed by atoms with E-state index in [-0.39, 0.29) is 5.91 Å². The number of carbonyl (C=O) groups excluding carboxylic acids is 1. The van der Waals surface area contributed by atoms with E-state index in [9.17, 15) is 4.79 Å². The predicted molar refractivity (Wildman–Crippen MR) is 78.8 cm³/mol. The number of aromatic nitrogens is 1. The Hall–Kier alpha value is -2.89. The Kier molecular flexibility index (Phi) is 4.87. The topological polar surface area (TPSA) is 72.8 Å². The second-order valence-electron chi connectivity index (χ2n) is 4.02. The number of hydrogen-bond acceptors (Lipinski definition) is 5. The molecule has 0 unspecified atom stereocenters. The van der Waals surface area contributed by atoms with Crippen molar-refractivity contribution < 1.29 is 14.3 Å². The van der Waals surface area contributed by atoms with Crippen molar-refractivity contribution in [1.82, 2.24) is 10.4 Å². The molecule has 0 spiro atoms. The zero-order chi connectivity index (χ0) is 15.1. The van der Waals surface area contributed by atoms with Gasteiger partial charge in [-0.05, 0) is 24.3 Å². The molecule has 1 N–H and O–H groups in total. The molecule has 1 heterocycles. The quantitative estimate of drug-likeness (QED) is 0.672. The second-order valence-corrected chi connectivity index (χ2v) is 4.02. The zero-order valence-corrected chi connectivity index (χ0v) is 11.7. The molecule has 21 heavy (non-hydrogen) atoms. The highest BCUT2D eigenvalue weighted by Crippen LogP contribution is 2.29. The fraction of sp³-hybridized carbons (Fsp3) is 0.133. The van der Waals surface area contributed by atoms with Crippen LogP contribution in [0.4, 0.5) is 0 Å². The van der Waals surface area contributed by atoms with E-state index in [0.717, 1.165) is 0 Å². The first kappa shape index (κ1) is 14.5. The van der Waals surface area contributed by atoms with Crippen molar-refractivity contribution in [3.05, 3.63) is 53.9 Å². The highest BCUT2D eigenvalue weighted by Gasteiger charge is 2.07. The van der Waals surface area contributed by atoms with Crippen LogP contribution in [0.5, 0.6) is 11.5 Å². The Morgan fingerprint density at radius 1 is 1.19 bits per heavy atom. The molecule has 0 fully saturated rings. The summed E-state index contributed by atoms with van der Waals surface area (Å²) in [6, 6.07) is 8.62. The standard InChI is InChI=1S/C15H15N3O3/c1-20-13-5-3-4-12(14(13)21-2)10-17-18-15(19)11-6-8-16-9-7-11/h3-10H,1-2H3,(H,18,19)/b17-10+. The van der Waals surface area contributed by atoms with Gasteiger partial charge < -0.3 is 9.47 Å². The molecule has 0 aliphatic carbocycles. The van der Waals surface area contributed by atoms with Gasteiger partial charge in [0.05, 0.1) is 20.4 Å². The maximum absolute atomic E-state index is 11.8. The first-order valence-corrected chi connectivity index (χ1v) is 6.20. The monoisotopic (exact) mass is 285 g/mol. The Labute approximate surface area is 122 Å². The summed E-state index contributed by atoms with van der Waals surface area (Å²) in [4.78, 5) is 15.7. The number of carbonyl (C=O) groups is 1. The Bertz CT molecular complexity index is 642. The van der Waals surface area contributed by atoms with Crippen LogP contribution in [0.25, 0.3) is 0 Å². The van der Waals surface area contributed by atoms with Gasteiger partial charge in [0.1, 0.15) is 0 Å². The maximum Gasteiger partial charge on any atom is 0.271 e. The van der Waals surface area contributed by atoms with Crippen LogP contribution in [0.2, 0.25) is 0 Å². The number of rotatable bonds is 5. The molecule has 0 radical (unpaired) electrons. The van der Waals surface area contributed by atoms with Crippen LogP contribution in [0, 0.1) is 0 Å². The molecule has 1 aromatic heterocycles. The van der Waals surface area contributed by atoms with E-state index in [1.54, 1.807) is 44.8 Å². The van der Waals surface area contributed by atoms with E-state index >= 15 is 0 Å². The molecule has 108 valence electrons. The first-order valence-electron chi connectivity index (χ1n) is 6.20. The summed E-state index contributed by atoms with van der Waals surface area (Å²) in [6.07, 6.45) is 4.59. The highest BCUT2D eigenvalue weighted by atomic mass is 16.5. The zero-order valence-electron chi connectivity index (χ0n) is 11.7. The minimum Gasteiger partial charge on any atom is -0.493 e. The normalized spacial score (nSPS) is 10.4. The molecule has 1 aromatic carbocycles. The lowest BCUT2D eigenvalue weighted by molar-refractivity contribution is 0.0955. The summed E-state index contributed by atoms with van der Waals surface area (Å²) < 4.78 is 10.5. The first-order chi connectivity index (χ1) is 10.3. The number of hydrogen-bond donors (Lipinski definition) is 1. The van der Waals surface area contributed by atoms with Gasteiger partial charge in [-0.15, -0.1) is 0 Å². The Balaban J connectivity index is 2.10. The molecule has 0 aliphatic heterocycles. The summed E-state index contributed by atoms with van der Waals surface area (Å²) >= 11 is 0. The van der Waals surface area contributed by atoms with E-state index in [4.69, 9.17) is 9.47 Å². The van der Waals surface area contributed by atoms with Crippen LogP contribution in [0.15, 0.2) is 47.8 Å². The number of ether oxygens (including phenoxy) is 2. The molecule has 6 nitrogen and oxygen atoms in total. The SMILES string of the molecule is COc1cccc(/C=N/NC(=O)c2ccncc2)c1OC. The van der Waals surface area contributed by atoms with Gasteiger partial charge in [0, 0.05) is 23.5 Å². The molecule has 0 atom stereocenters. The Morgan fingerprint density at radius 3 is 2.62 bits per heavy atom. The summed E-state index contributed by atoms with van der Waals surface area (Å²) in [5.74, 6) is 0.847. The number of para-hydroxylation sites is 1. The van der Waals surface area contributed by atoms with E-state index in [1.807, 2.05) is 12.1 Å². The molecular weight excluding hydrogens is 270 g/mol. The third kappa shape index (κ3) is 3.56. The van der Waals surface area contributed by atoms with Crippen LogP contribution >= 0.6 is 0 Å². The third-order valence-electron chi connectivity index (χ3n) is 2.75. The number of methoxy groups -OCH3 is 2. The van der Waals surface area contributed by atoms with Crippen molar-refractivity contribution in [3.63, 3.8) is 0 Å². The Morgan fingerprint density at radius 2 is 1.95 bits per heavy atom. The molecule has 0 aliphatic rings. The molecule has 0 bridgehead atoms. The van der Waals surface area contributed by atoms with Crippen molar-refractivity contribution >= 4 is 12.1 Å². The van der Waals surface area contributed by atoms with Crippen LogP contribution in [-0.4, -0.2) is 31.3 Å². The van der Waals surface area contributed by atoms with Gasteiger partial charge in [-0.2, -0.15) is 5.10 Å². The van der Waals surface area contributed by atoms with E-state index in [0.29, 0.717) is 22.6 Å². The molecule has 2 aromatic rings. The highest BCUT2D eigenvalue weighted by molar-refractivity contribution is 5.95.